The fraction of sp³-hybridized carbons (Fsp3) is 0.375. The Bertz CT molecular complexity index is 525. The lowest BCUT2D eigenvalue weighted by atomic mass is 9.92. The van der Waals surface area contributed by atoms with Crippen LogP contribution in [0.2, 0.25) is 0 Å². The quantitative estimate of drug-likeness (QED) is 0.611. The van der Waals surface area contributed by atoms with Crippen molar-refractivity contribution in [3.8, 4) is 0 Å². The van der Waals surface area contributed by atoms with Gasteiger partial charge in [0.2, 0.25) is 0 Å². The van der Waals surface area contributed by atoms with E-state index in [0.717, 1.165) is 0 Å². The van der Waals surface area contributed by atoms with E-state index in [9.17, 15) is 13.2 Å². The van der Waals surface area contributed by atoms with Gasteiger partial charge in [0.25, 0.3) is 0 Å². The van der Waals surface area contributed by atoms with E-state index in [1.165, 1.54) is 25.1 Å². The molecule has 0 aliphatic heterocycles. The maximum absolute atomic E-state index is 13.7. The Morgan fingerprint density at radius 3 is 2.11 bits per heavy atom. The molecule has 0 N–H and O–H groups in total. The molecule has 1 aliphatic carbocycles. The Hall–Kier alpha value is -1.51. The van der Waals surface area contributed by atoms with Crippen LogP contribution < -0.4 is 0 Å². The number of benzene rings is 1. The molecule has 0 aromatic heterocycles. The van der Waals surface area contributed by atoms with Crippen LogP contribution >= 0.6 is 0 Å². The molecule has 104 valence electrons. The molecule has 3 heteroatoms. The van der Waals surface area contributed by atoms with Crippen LogP contribution in [0.5, 0.6) is 0 Å². The highest BCUT2D eigenvalue weighted by Crippen LogP contribution is 2.33. The smallest absolute Gasteiger partial charge is 0.166 e. The van der Waals surface area contributed by atoms with E-state index < -0.39 is 11.6 Å². The molecule has 0 amide bonds. The molecule has 0 unspecified atom stereocenters. The molecule has 1 aromatic carbocycles. The highest BCUT2D eigenvalue weighted by Gasteiger charge is 2.17. The molecule has 0 fully saturated rings. The largest absolute Gasteiger partial charge is 0.207 e. The van der Waals surface area contributed by atoms with E-state index in [1.807, 2.05) is 13.8 Å². The first kappa shape index (κ1) is 15.5. The molecule has 1 aromatic rings. The van der Waals surface area contributed by atoms with Gasteiger partial charge in [0, 0.05) is 5.56 Å². The second kappa shape index (κ2) is 6.60. The second-order valence-corrected chi connectivity index (χ2v) is 4.36. The standard InChI is InChI=1S/C14H13F3.C2H6/c1-8-3-5-10(7-12(8)15)11-6-4-9(2)13(16)14(11)17;1-2/h4,6-7H,3,5H2,1-2H3;1-2H3. The van der Waals surface area contributed by atoms with Gasteiger partial charge in [-0.1, -0.05) is 26.0 Å². The van der Waals surface area contributed by atoms with Gasteiger partial charge in [-0.2, -0.15) is 0 Å². The molecule has 1 aliphatic rings. The zero-order chi connectivity index (χ0) is 14.6. The molecule has 0 radical (unpaired) electrons. The van der Waals surface area contributed by atoms with Crippen molar-refractivity contribution in [3.05, 3.63) is 52.4 Å². The summed E-state index contributed by atoms with van der Waals surface area (Å²) in [6.45, 7) is 7.21. The molecule has 0 saturated carbocycles. The minimum Gasteiger partial charge on any atom is -0.207 e. The lowest BCUT2D eigenvalue weighted by Crippen LogP contribution is -2.00. The Balaban J connectivity index is 0.000000861. The third-order valence-electron chi connectivity index (χ3n) is 3.10. The van der Waals surface area contributed by atoms with E-state index in [0.29, 0.717) is 24.0 Å². The molecular weight excluding hydrogens is 249 g/mol. The third kappa shape index (κ3) is 3.28. The van der Waals surface area contributed by atoms with Crippen molar-refractivity contribution in [3.63, 3.8) is 0 Å². The highest BCUT2D eigenvalue weighted by atomic mass is 19.2. The molecule has 0 atom stereocenters. The summed E-state index contributed by atoms with van der Waals surface area (Å²) in [7, 11) is 0. The fourth-order valence-corrected chi connectivity index (χ4v) is 1.90. The van der Waals surface area contributed by atoms with Crippen LogP contribution in [0.1, 0.15) is 44.7 Å². The number of rotatable bonds is 1. The maximum Gasteiger partial charge on any atom is 0.166 e. The summed E-state index contributed by atoms with van der Waals surface area (Å²) < 4.78 is 40.5. The van der Waals surface area contributed by atoms with Gasteiger partial charge in [-0.25, -0.2) is 13.2 Å². The Labute approximate surface area is 112 Å². The van der Waals surface area contributed by atoms with Crippen LogP contribution in [0, 0.1) is 18.6 Å². The predicted molar refractivity (Wildman–Crippen MR) is 73.5 cm³/mol. The molecular formula is C16H19F3. The molecule has 0 spiro atoms. The zero-order valence-electron chi connectivity index (χ0n) is 11.8. The SMILES string of the molecule is CC.CC1=C(F)C=C(c2ccc(C)c(F)c2F)CC1. The van der Waals surface area contributed by atoms with E-state index in [2.05, 4.69) is 0 Å². The summed E-state index contributed by atoms with van der Waals surface area (Å²) in [5, 5.41) is 0. The summed E-state index contributed by atoms with van der Waals surface area (Å²) in [5.41, 5.74) is 1.59. The van der Waals surface area contributed by atoms with Crippen LogP contribution in [0.3, 0.4) is 0 Å². The first-order chi connectivity index (χ1) is 9.00. The van der Waals surface area contributed by atoms with Gasteiger partial charge in [-0.15, -0.1) is 0 Å². The van der Waals surface area contributed by atoms with Gasteiger partial charge in [0.15, 0.2) is 11.6 Å². The van der Waals surface area contributed by atoms with E-state index in [-0.39, 0.29) is 17.0 Å². The molecule has 0 bridgehead atoms. The zero-order valence-corrected chi connectivity index (χ0v) is 11.8. The highest BCUT2D eigenvalue weighted by molar-refractivity contribution is 5.70. The van der Waals surface area contributed by atoms with E-state index >= 15 is 0 Å². The average molecular weight is 268 g/mol. The van der Waals surface area contributed by atoms with Crippen LogP contribution in [0.25, 0.3) is 5.57 Å². The Kier molecular flexibility index (Phi) is 5.40. The summed E-state index contributed by atoms with van der Waals surface area (Å²) in [6, 6.07) is 3.02. The maximum atomic E-state index is 13.7. The van der Waals surface area contributed by atoms with Crippen molar-refractivity contribution in [1.29, 1.82) is 0 Å². The van der Waals surface area contributed by atoms with Crippen LogP contribution in [-0.4, -0.2) is 0 Å². The van der Waals surface area contributed by atoms with Gasteiger partial charge >= 0.3 is 0 Å². The van der Waals surface area contributed by atoms with Crippen molar-refractivity contribution in [2.75, 3.05) is 0 Å². The summed E-state index contributed by atoms with van der Waals surface area (Å²) in [4.78, 5) is 0. The molecule has 0 nitrogen and oxygen atoms in total. The lowest BCUT2D eigenvalue weighted by molar-refractivity contribution is 0.500. The van der Waals surface area contributed by atoms with E-state index in [1.54, 1.807) is 6.92 Å². The van der Waals surface area contributed by atoms with Crippen molar-refractivity contribution < 1.29 is 13.2 Å². The van der Waals surface area contributed by atoms with Crippen molar-refractivity contribution in [1.82, 2.24) is 0 Å². The Morgan fingerprint density at radius 1 is 0.895 bits per heavy atom. The molecule has 19 heavy (non-hydrogen) atoms. The number of halogens is 3. The lowest BCUT2D eigenvalue weighted by Gasteiger charge is -2.15. The van der Waals surface area contributed by atoms with Gasteiger partial charge in [-0.05, 0) is 49.5 Å². The second-order valence-electron chi connectivity index (χ2n) is 4.36. The summed E-state index contributed by atoms with van der Waals surface area (Å²) >= 11 is 0. The minimum absolute atomic E-state index is 0.163. The molecule has 0 saturated heterocycles. The summed E-state index contributed by atoms with van der Waals surface area (Å²) in [5.74, 6) is -2.08. The van der Waals surface area contributed by atoms with Gasteiger partial charge in [-0.3, -0.25) is 0 Å². The van der Waals surface area contributed by atoms with Crippen LogP contribution in [-0.2, 0) is 0 Å². The fourth-order valence-electron chi connectivity index (χ4n) is 1.90. The average Bonchev–Trinajstić information content (AvgIpc) is 2.42. The van der Waals surface area contributed by atoms with Gasteiger partial charge in [0.05, 0.1) is 0 Å². The number of aryl methyl sites for hydroxylation is 1. The monoisotopic (exact) mass is 268 g/mol. The summed E-state index contributed by atoms with van der Waals surface area (Å²) in [6.07, 6.45) is 2.39. The first-order valence-corrected chi connectivity index (χ1v) is 6.51. The topological polar surface area (TPSA) is 0 Å². The van der Waals surface area contributed by atoms with Gasteiger partial charge < -0.3 is 0 Å². The van der Waals surface area contributed by atoms with Crippen molar-refractivity contribution in [2.45, 2.75) is 40.5 Å². The Morgan fingerprint density at radius 2 is 1.53 bits per heavy atom. The number of hydrogen-bond donors (Lipinski definition) is 0. The van der Waals surface area contributed by atoms with Crippen LogP contribution in [0.15, 0.2) is 29.6 Å². The van der Waals surface area contributed by atoms with Crippen molar-refractivity contribution in [2.24, 2.45) is 0 Å². The third-order valence-corrected chi connectivity index (χ3v) is 3.10. The molecule has 2 rings (SSSR count). The number of hydrogen-bond acceptors (Lipinski definition) is 0. The van der Waals surface area contributed by atoms with Crippen LogP contribution in [0.4, 0.5) is 13.2 Å². The molecule has 0 heterocycles. The van der Waals surface area contributed by atoms with Crippen molar-refractivity contribution >= 4 is 5.57 Å². The predicted octanol–water partition coefficient (Wildman–Crippen LogP) is 5.72. The first-order valence-electron chi connectivity index (χ1n) is 6.51. The minimum atomic E-state index is -0.886. The van der Waals surface area contributed by atoms with E-state index in [4.69, 9.17) is 0 Å². The number of allylic oxidation sites excluding steroid dienone is 4. The van der Waals surface area contributed by atoms with Gasteiger partial charge in [0.1, 0.15) is 5.83 Å². The normalized spacial score (nSPS) is 14.8.